The quantitative estimate of drug-likeness (QED) is 0.736. The highest BCUT2D eigenvalue weighted by atomic mass is 15.1. The molecule has 4 rings (SSSR count). The Hall–Kier alpha value is -2.73. The minimum atomic E-state index is 0.774. The van der Waals surface area contributed by atoms with Gasteiger partial charge in [0.1, 0.15) is 6.33 Å². The van der Waals surface area contributed by atoms with Crippen molar-refractivity contribution in [1.82, 2.24) is 29.8 Å². The maximum absolute atomic E-state index is 4.73. The number of rotatable bonds is 3. The van der Waals surface area contributed by atoms with Gasteiger partial charge >= 0.3 is 0 Å². The largest absolute Gasteiger partial charge is 0.294 e. The lowest BCUT2D eigenvalue weighted by Crippen LogP contribution is -2.31. The van der Waals surface area contributed by atoms with Gasteiger partial charge in [0.25, 0.3) is 0 Å². The lowest BCUT2D eigenvalue weighted by Gasteiger charge is -2.27. The first kappa shape index (κ1) is 13.9. The van der Waals surface area contributed by atoms with Gasteiger partial charge in [0.15, 0.2) is 5.82 Å². The van der Waals surface area contributed by atoms with Crippen LogP contribution in [0.3, 0.4) is 0 Å². The van der Waals surface area contributed by atoms with E-state index in [0.29, 0.717) is 0 Å². The molecule has 0 aliphatic carbocycles. The zero-order valence-electron chi connectivity index (χ0n) is 12.6. The van der Waals surface area contributed by atoms with E-state index in [0.717, 1.165) is 48.7 Å². The molecule has 0 radical (unpaired) electrons. The van der Waals surface area contributed by atoms with Crippen LogP contribution in [0.1, 0.15) is 16.8 Å². The molecule has 4 heterocycles. The molecule has 0 spiro atoms. The van der Waals surface area contributed by atoms with E-state index in [2.05, 4.69) is 24.8 Å². The lowest BCUT2D eigenvalue weighted by atomic mass is 10.1. The zero-order chi connectivity index (χ0) is 15.5. The van der Waals surface area contributed by atoms with Gasteiger partial charge in [0.05, 0.1) is 5.69 Å². The van der Waals surface area contributed by atoms with E-state index in [1.807, 2.05) is 30.7 Å². The Morgan fingerprint density at radius 1 is 1.00 bits per heavy atom. The van der Waals surface area contributed by atoms with Gasteiger partial charge in [-0.3, -0.25) is 9.88 Å². The standard InChI is InChI=1S/C17H16N6/c1-4-18-5-2-14(1)17-21-9-15-11-23(6-3-16(15)22-17)10-13-7-19-12-20-8-13/h1-2,4-5,7-9,12H,3,6,10-11H2. The molecule has 0 amide bonds. The molecule has 6 heteroatoms. The average Bonchev–Trinajstić information content (AvgIpc) is 2.63. The Morgan fingerprint density at radius 2 is 1.83 bits per heavy atom. The predicted octanol–water partition coefficient (Wildman–Crippen LogP) is 1.89. The molecule has 0 fully saturated rings. The second-order valence-electron chi connectivity index (χ2n) is 5.61. The lowest BCUT2D eigenvalue weighted by molar-refractivity contribution is 0.242. The molecule has 0 unspecified atom stereocenters. The molecule has 0 saturated carbocycles. The van der Waals surface area contributed by atoms with E-state index < -0.39 is 0 Å². The summed E-state index contributed by atoms with van der Waals surface area (Å²) in [6, 6.07) is 3.87. The van der Waals surface area contributed by atoms with Crippen LogP contribution >= 0.6 is 0 Å². The van der Waals surface area contributed by atoms with E-state index in [1.165, 1.54) is 5.56 Å². The molecule has 0 atom stereocenters. The smallest absolute Gasteiger partial charge is 0.159 e. The van der Waals surface area contributed by atoms with Crippen LogP contribution in [-0.2, 0) is 19.5 Å². The highest BCUT2D eigenvalue weighted by Crippen LogP contribution is 2.21. The van der Waals surface area contributed by atoms with Crippen LogP contribution in [0, 0.1) is 0 Å². The molecule has 6 nitrogen and oxygen atoms in total. The summed E-state index contributed by atoms with van der Waals surface area (Å²) in [5.74, 6) is 0.774. The maximum atomic E-state index is 4.73. The van der Waals surface area contributed by atoms with Crippen LogP contribution in [0.15, 0.2) is 49.4 Å². The van der Waals surface area contributed by atoms with Crippen LogP contribution in [0.2, 0.25) is 0 Å². The van der Waals surface area contributed by atoms with Crippen molar-refractivity contribution in [2.75, 3.05) is 6.54 Å². The molecule has 3 aromatic rings. The fourth-order valence-electron chi connectivity index (χ4n) is 2.82. The molecule has 0 aromatic carbocycles. The fourth-order valence-corrected chi connectivity index (χ4v) is 2.82. The summed E-state index contributed by atoms with van der Waals surface area (Å²) in [6.07, 6.45) is 11.7. The first-order valence-corrected chi connectivity index (χ1v) is 7.60. The third-order valence-corrected chi connectivity index (χ3v) is 3.97. The van der Waals surface area contributed by atoms with Gasteiger partial charge in [-0.25, -0.2) is 19.9 Å². The summed E-state index contributed by atoms with van der Waals surface area (Å²) < 4.78 is 0. The number of pyridine rings is 1. The SMILES string of the molecule is c1cc(-c2ncc3c(n2)CCN(Cc2cncnc2)C3)ccn1. The molecular weight excluding hydrogens is 288 g/mol. The number of hydrogen-bond acceptors (Lipinski definition) is 6. The van der Waals surface area contributed by atoms with Crippen LogP contribution in [0.25, 0.3) is 11.4 Å². The van der Waals surface area contributed by atoms with Crippen molar-refractivity contribution in [3.8, 4) is 11.4 Å². The third-order valence-electron chi connectivity index (χ3n) is 3.97. The molecule has 23 heavy (non-hydrogen) atoms. The monoisotopic (exact) mass is 304 g/mol. The van der Waals surface area contributed by atoms with Gasteiger partial charge in [0.2, 0.25) is 0 Å². The summed E-state index contributed by atoms with van der Waals surface area (Å²) in [5, 5.41) is 0. The number of fused-ring (bicyclic) bond motifs is 1. The van der Waals surface area contributed by atoms with Crippen molar-refractivity contribution in [3.63, 3.8) is 0 Å². The van der Waals surface area contributed by atoms with Crippen molar-refractivity contribution in [1.29, 1.82) is 0 Å². The first-order chi connectivity index (χ1) is 11.4. The molecule has 1 aliphatic rings. The molecule has 0 N–H and O–H groups in total. The molecule has 0 saturated heterocycles. The van der Waals surface area contributed by atoms with Gasteiger partial charge in [-0.05, 0) is 12.1 Å². The Kier molecular flexibility index (Phi) is 3.73. The summed E-state index contributed by atoms with van der Waals surface area (Å²) in [5.41, 5.74) is 4.48. The topological polar surface area (TPSA) is 67.7 Å². The van der Waals surface area contributed by atoms with Gasteiger partial charge < -0.3 is 0 Å². The van der Waals surface area contributed by atoms with Crippen LogP contribution in [-0.4, -0.2) is 36.4 Å². The van der Waals surface area contributed by atoms with Crippen molar-refractivity contribution in [2.45, 2.75) is 19.5 Å². The zero-order valence-corrected chi connectivity index (χ0v) is 12.6. The second kappa shape index (κ2) is 6.18. The summed E-state index contributed by atoms with van der Waals surface area (Å²) in [7, 11) is 0. The van der Waals surface area contributed by atoms with Crippen LogP contribution in [0.5, 0.6) is 0 Å². The van der Waals surface area contributed by atoms with Crippen molar-refractivity contribution >= 4 is 0 Å². The Labute approximate surface area is 134 Å². The summed E-state index contributed by atoms with van der Waals surface area (Å²) in [6.45, 7) is 2.70. The third kappa shape index (κ3) is 3.07. The normalized spacial score (nSPS) is 14.4. The molecule has 1 aliphatic heterocycles. The highest BCUT2D eigenvalue weighted by molar-refractivity contribution is 5.54. The van der Waals surface area contributed by atoms with Crippen LogP contribution < -0.4 is 0 Å². The van der Waals surface area contributed by atoms with E-state index in [-0.39, 0.29) is 0 Å². The summed E-state index contributed by atoms with van der Waals surface area (Å²) >= 11 is 0. The molecule has 0 bridgehead atoms. The number of aromatic nitrogens is 5. The second-order valence-corrected chi connectivity index (χ2v) is 5.61. The minimum absolute atomic E-state index is 0.774. The number of hydrogen-bond donors (Lipinski definition) is 0. The van der Waals surface area contributed by atoms with E-state index in [4.69, 9.17) is 4.98 Å². The summed E-state index contributed by atoms with van der Waals surface area (Å²) in [4.78, 5) is 23.8. The van der Waals surface area contributed by atoms with Crippen molar-refractivity contribution in [3.05, 3.63) is 66.3 Å². The van der Waals surface area contributed by atoms with E-state index in [1.54, 1.807) is 18.7 Å². The van der Waals surface area contributed by atoms with Gasteiger partial charge in [-0.15, -0.1) is 0 Å². The van der Waals surface area contributed by atoms with E-state index >= 15 is 0 Å². The van der Waals surface area contributed by atoms with Crippen molar-refractivity contribution < 1.29 is 0 Å². The molecule has 3 aromatic heterocycles. The number of nitrogens with zero attached hydrogens (tertiary/aromatic N) is 6. The van der Waals surface area contributed by atoms with Gasteiger partial charge in [-0.1, -0.05) is 0 Å². The van der Waals surface area contributed by atoms with Gasteiger partial charge in [0, 0.05) is 73.7 Å². The Balaban J connectivity index is 1.52. The van der Waals surface area contributed by atoms with Gasteiger partial charge in [-0.2, -0.15) is 0 Å². The molecule has 114 valence electrons. The highest BCUT2D eigenvalue weighted by Gasteiger charge is 2.19. The van der Waals surface area contributed by atoms with E-state index in [9.17, 15) is 0 Å². The maximum Gasteiger partial charge on any atom is 0.159 e. The van der Waals surface area contributed by atoms with Crippen molar-refractivity contribution in [2.24, 2.45) is 0 Å². The Bertz CT molecular complexity index is 791. The first-order valence-electron chi connectivity index (χ1n) is 7.60. The molecular formula is C17H16N6. The van der Waals surface area contributed by atoms with Crippen LogP contribution in [0.4, 0.5) is 0 Å². The fraction of sp³-hybridized carbons (Fsp3) is 0.235. The minimum Gasteiger partial charge on any atom is -0.294 e. The average molecular weight is 304 g/mol. The predicted molar refractivity (Wildman–Crippen MR) is 85.1 cm³/mol. The Morgan fingerprint density at radius 3 is 2.65 bits per heavy atom.